The van der Waals surface area contributed by atoms with E-state index in [0.717, 1.165) is 5.75 Å². The molecule has 0 aliphatic carbocycles. The summed E-state index contributed by atoms with van der Waals surface area (Å²) in [6, 6.07) is 14.0. The molecule has 6 nitrogen and oxygen atoms in total. The monoisotopic (exact) mass is 393 g/mol. The number of nitrogens with zero attached hydrogens (tertiary/aromatic N) is 1. The van der Waals surface area contributed by atoms with Crippen molar-refractivity contribution in [2.75, 3.05) is 0 Å². The zero-order chi connectivity index (χ0) is 20.4. The van der Waals surface area contributed by atoms with E-state index in [1.165, 1.54) is 18.2 Å². The highest BCUT2D eigenvalue weighted by atomic mass is 32.2. The molecular formula is C19H20FNO5S. The molecule has 2 aromatic carbocycles. The third kappa shape index (κ3) is 7.83. The van der Waals surface area contributed by atoms with Crippen LogP contribution in [0.15, 0.2) is 71.6 Å². The van der Waals surface area contributed by atoms with E-state index in [4.69, 9.17) is 9.84 Å². The van der Waals surface area contributed by atoms with Crippen LogP contribution in [0.25, 0.3) is 0 Å². The maximum absolute atomic E-state index is 12.6. The van der Waals surface area contributed by atoms with Crippen LogP contribution in [-0.2, 0) is 15.3 Å². The second-order valence-corrected chi connectivity index (χ2v) is 6.60. The fourth-order valence-electron chi connectivity index (χ4n) is 1.82. The lowest BCUT2D eigenvalue weighted by Gasteiger charge is -2.22. The van der Waals surface area contributed by atoms with Crippen molar-refractivity contribution in [3.63, 3.8) is 0 Å². The van der Waals surface area contributed by atoms with Gasteiger partial charge >= 0.3 is 16.5 Å². The lowest BCUT2D eigenvalue weighted by atomic mass is 9.85. The van der Waals surface area contributed by atoms with Crippen LogP contribution in [0, 0.1) is 11.2 Å². The van der Waals surface area contributed by atoms with Crippen molar-refractivity contribution in [3.05, 3.63) is 73.1 Å². The van der Waals surface area contributed by atoms with E-state index < -0.39 is 27.9 Å². The highest BCUT2D eigenvalue weighted by Crippen LogP contribution is 2.24. The average molecular weight is 393 g/mol. The van der Waals surface area contributed by atoms with Crippen LogP contribution in [0.3, 0.4) is 0 Å². The van der Waals surface area contributed by atoms with Gasteiger partial charge in [0.1, 0.15) is 17.3 Å². The van der Waals surface area contributed by atoms with Crippen LogP contribution in [0.5, 0.6) is 11.5 Å². The molecule has 0 aliphatic heterocycles. The molecule has 1 atom stereocenters. The molecule has 0 radical (unpaired) electrons. The minimum Gasteiger partial charge on any atom is -0.480 e. The third-order valence-electron chi connectivity index (χ3n) is 3.45. The predicted molar refractivity (Wildman–Crippen MR) is 99.7 cm³/mol. The highest BCUT2D eigenvalue weighted by Gasteiger charge is 2.33. The summed E-state index contributed by atoms with van der Waals surface area (Å²) < 4.78 is 41.5. The molecule has 0 fully saturated rings. The van der Waals surface area contributed by atoms with Crippen molar-refractivity contribution in [3.8, 4) is 11.5 Å². The van der Waals surface area contributed by atoms with E-state index in [1.54, 1.807) is 26.0 Å². The predicted octanol–water partition coefficient (Wildman–Crippen LogP) is 4.33. The lowest BCUT2D eigenvalue weighted by molar-refractivity contribution is -0.140. The largest absolute Gasteiger partial charge is 0.480 e. The highest BCUT2D eigenvalue weighted by molar-refractivity contribution is 7.61. The van der Waals surface area contributed by atoms with Gasteiger partial charge in [-0.15, -0.1) is 6.58 Å². The molecule has 0 heterocycles. The molecule has 0 aromatic heterocycles. The van der Waals surface area contributed by atoms with Gasteiger partial charge in [0, 0.05) is 5.41 Å². The fraction of sp³-hybridized carbons (Fsp3) is 0.211. The SMILES string of the molecule is C=CC(C)(C)C(N=S(=O)=O)C(=O)O.Fc1ccc(Oc2ccccc2)cc1. The molecule has 0 aliphatic rings. The van der Waals surface area contributed by atoms with E-state index in [-0.39, 0.29) is 5.82 Å². The van der Waals surface area contributed by atoms with Gasteiger partial charge < -0.3 is 9.84 Å². The van der Waals surface area contributed by atoms with Gasteiger partial charge in [-0.05, 0) is 36.4 Å². The topological polar surface area (TPSA) is 93.0 Å². The summed E-state index contributed by atoms with van der Waals surface area (Å²) >= 11 is 0. The molecule has 2 rings (SSSR count). The Morgan fingerprint density at radius 2 is 1.67 bits per heavy atom. The van der Waals surface area contributed by atoms with E-state index in [0.29, 0.717) is 5.75 Å². The normalized spacial score (nSPS) is 11.4. The molecule has 0 saturated carbocycles. The first-order chi connectivity index (χ1) is 12.7. The van der Waals surface area contributed by atoms with Crippen molar-refractivity contribution < 1.29 is 27.4 Å². The number of ether oxygens (including phenoxy) is 1. The number of benzene rings is 2. The Morgan fingerprint density at radius 1 is 1.15 bits per heavy atom. The van der Waals surface area contributed by atoms with Crippen LogP contribution >= 0.6 is 0 Å². The molecule has 0 amide bonds. The maximum atomic E-state index is 12.6. The molecule has 1 unspecified atom stereocenters. The number of para-hydroxylation sites is 1. The minimum atomic E-state index is -2.72. The number of halogens is 1. The Kier molecular flexibility index (Phi) is 8.34. The van der Waals surface area contributed by atoms with E-state index in [1.807, 2.05) is 30.3 Å². The zero-order valence-electron chi connectivity index (χ0n) is 14.9. The fourth-order valence-corrected chi connectivity index (χ4v) is 2.36. The number of rotatable bonds is 6. The van der Waals surface area contributed by atoms with Crippen molar-refractivity contribution in [2.24, 2.45) is 9.78 Å². The number of aliphatic carboxylic acids is 1. The van der Waals surface area contributed by atoms with Crippen LogP contribution in [0.4, 0.5) is 4.39 Å². The first kappa shape index (κ1) is 22.0. The second-order valence-electron chi connectivity index (χ2n) is 5.96. The number of carboxylic acids is 1. The molecule has 0 spiro atoms. The summed E-state index contributed by atoms with van der Waals surface area (Å²) in [5.41, 5.74) is -0.883. The smallest absolute Gasteiger partial charge is 0.330 e. The van der Waals surface area contributed by atoms with Crippen LogP contribution < -0.4 is 4.74 Å². The van der Waals surface area contributed by atoms with Crippen LogP contribution in [-0.4, -0.2) is 25.5 Å². The first-order valence-electron chi connectivity index (χ1n) is 7.81. The Bertz CT molecular complexity index is 885. The van der Waals surface area contributed by atoms with Crippen LogP contribution in [0.1, 0.15) is 13.8 Å². The van der Waals surface area contributed by atoms with Gasteiger partial charge in [0.15, 0.2) is 6.04 Å². The zero-order valence-corrected chi connectivity index (χ0v) is 15.7. The van der Waals surface area contributed by atoms with Gasteiger partial charge in [0.2, 0.25) is 0 Å². The van der Waals surface area contributed by atoms with Crippen molar-refractivity contribution in [1.82, 2.24) is 0 Å². The molecule has 27 heavy (non-hydrogen) atoms. The molecule has 8 heteroatoms. The van der Waals surface area contributed by atoms with Gasteiger partial charge in [-0.25, -0.2) is 9.18 Å². The van der Waals surface area contributed by atoms with E-state index >= 15 is 0 Å². The number of hydrogen-bond donors (Lipinski definition) is 1. The van der Waals surface area contributed by atoms with Gasteiger partial charge in [0.25, 0.3) is 0 Å². The molecule has 144 valence electrons. The number of hydrogen-bond acceptors (Lipinski definition) is 5. The summed E-state index contributed by atoms with van der Waals surface area (Å²) in [6.45, 7) is 6.52. The quantitative estimate of drug-likeness (QED) is 0.737. The number of carbonyl (C=O) groups is 1. The van der Waals surface area contributed by atoms with Gasteiger partial charge in [0.05, 0.1) is 0 Å². The van der Waals surface area contributed by atoms with Crippen LogP contribution in [0.2, 0.25) is 0 Å². The third-order valence-corrected chi connectivity index (χ3v) is 3.83. The Labute approximate surface area is 158 Å². The van der Waals surface area contributed by atoms with Gasteiger partial charge in [-0.2, -0.15) is 12.8 Å². The maximum Gasteiger partial charge on any atom is 0.330 e. The summed E-state index contributed by atoms with van der Waals surface area (Å²) in [5.74, 6) is -0.156. The number of carboxylic acid groups (broad SMARTS) is 1. The van der Waals surface area contributed by atoms with E-state index in [9.17, 15) is 17.6 Å². The van der Waals surface area contributed by atoms with Crippen molar-refractivity contribution in [1.29, 1.82) is 0 Å². The summed E-state index contributed by atoms with van der Waals surface area (Å²) in [7, 11) is -2.72. The molecule has 2 aromatic rings. The van der Waals surface area contributed by atoms with Crippen molar-refractivity contribution in [2.45, 2.75) is 19.9 Å². The summed E-state index contributed by atoms with van der Waals surface area (Å²) in [6.07, 6.45) is 1.36. The second kappa shape index (κ2) is 10.2. The van der Waals surface area contributed by atoms with Gasteiger partial charge in [-0.3, -0.25) is 0 Å². The lowest BCUT2D eigenvalue weighted by Crippen LogP contribution is -2.33. The molecule has 0 bridgehead atoms. The standard InChI is InChI=1S/C12H9FO.C7H11NO4S/c13-10-6-8-12(9-7-10)14-11-4-2-1-3-5-11;1-4-7(2,3)5(6(9)10)8-13(11)12/h1-9H;4-5H,1H2,2-3H3,(H,9,10). The summed E-state index contributed by atoms with van der Waals surface area (Å²) in [5, 5.41) is 8.67. The van der Waals surface area contributed by atoms with Gasteiger partial charge in [-0.1, -0.05) is 38.1 Å². The molecular weight excluding hydrogens is 373 g/mol. The average Bonchev–Trinajstić information content (AvgIpc) is 2.62. The molecule has 1 N–H and O–H groups in total. The minimum absolute atomic E-state index is 0.259. The van der Waals surface area contributed by atoms with Crippen molar-refractivity contribution >= 4 is 16.5 Å². The Balaban J connectivity index is 0.000000271. The molecule has 0 saturated heterocycles. The van der Waals surface area contributed by atoms with E-state index in [2.05, 4.69) is 10.9 Å². The Hall–Kier alpha value is -3.00. The first-order valence-corrected chi connectivity index (χ1v) is 8.84. The Morgan fingerprint density at radius 3 is 2.11 bits per heavy atom. The summed E-state index contributed by atoms with van der Waals surface area (Å²) in [4.78, 5) is 10.6.